The zero-order valence-electron chi connectivity index (χ0n) is 9.54. The Labute approximate surface area is 98.0 Å². The zero-order valence-corrected chi connectivity index (χ0v) is 9.54. The third kappa shape index (κ3) is 2.93. The number of benzene rings is 1. The number of nitrogens with zero attached hydrogens (tertiary/aromatic N) is 1. The van der Waals surface area contributed by atoms with E-state index >= 15 is 0 Å². The van der Waals surface area contributed by atoms with Gasteiger partial charge in [-0.3, -0.25) is 10.1 Å². The van der Waals surface area contributed by atoms with E-state index in [0.717, 1.165) is 0 Å². The molecule has 1 aromatic carbocycles. The van der Waals surface area contributed by atoms with Crippen LogP contribution in [0.1, 0.15) is 20.3 Å². The average molecular weight is 239 g/mol. The maximum Gasteiger partial charge on any atom is 0.347 e. The molecule has 0 radical (unpaired) electrons. The number of hydrogen-bond donors (Lipinski definition) is 1. The lowest BCUT2D eigenvalue weighted by molar-refractivity contribution is -0.384. The third-order valence-electron chi connectivity index (χ3n) is 2.52. The maximum atomic E-state index is 11.0. The molecule has 1 N–H and O–H groups in total. The number of rotatable bonds is 5. The van der Waals surface area contributed by atoms with E-state index in [-0.39, 0.29) is 5.69 Å². The summed E-state index contributed by atoms with van der Waals surface area (Å²) < 4.78 is 5.33. The molecule has 1 unspecified atom stereocenters. The van der Waals surface area contributed by atoms with Gasteiger partial charge in [0.1, 0.15) is 5.75 Å². The predicted molar refractivity (Wildman–Crippen MR) is 60.1 cm³/mol. The number of nitro benzene ring substituents is 1. The first kappa shape index (κ1) is 13.0. The van der Waals surface area contributed by atoms with Crippen LogP contribution >= 0.6 is 0 Å². The van der Waals surface area contributed by atoms with Crippen LogP contribution in [0.4, 0.5) is 5.69 Å². The minimum atomic E-state index is -1.32. The Morgan fingerprint density at radius 3 is 2.35 bits per heavy atom. The molecule has 0 aliphatic carbocycles. The van der Waals surface area contributed by atoms with Crippen molar-refractivity contribution in [3.8, 4) is 5.75 Å². The standard InChI is InChI=1S/C11H13NO5/c1-3-11(2,10(13)14)17-9-6-4-8(5-7-9)12(15)16/h4-7H,3H2,1-2H3,(H,13,14). The number of carboxylic acid groups (broad SMARTS) is 1. The molecule has 0 aromatic heterocycles. The molecule has 0 bridgehead atoms. The van der Waals surface area contributed by atoms with Crippen LogP contribution in [-0.4, -0.2) is 21.6 Å². The fourth-order valence-electron chi connectivity index (χ4n) is 1.16. The molecule has 1 rings (SSSR count). The minimum absolute atomic E-state index is 0.0640. The van der Waals surface area contributed by atoms with Crippen LogP contribution < -0.4 is 4.74 Å². The normalized spacial score (nSPS) is 13.8. The Morgan fingerprint density at radius 2 is 2.00 bits per heavy atom. The molecule has 0 aliphatic heterocycles. The zero-order chi connectivity index (χ0) is 13.1. The number of aliphatic carboxylic acids is 1. The second kappa shape index (κ2) is 4.82. The van der Waals surface area contributed by atoms with Gasteiger partial charge >= 0.3 is 5.97 Å². The summed E-state index contributed by atoms with van der Waals surface area (Å²) in [7, 11) is 0. The lowest BCUT2D eigenvalue weighted by Crippen LogP contribution is -2.40. The van der Waals surface area contributed by atoms with Crippen molar-refractivity contribution < 1.29 is 19.6 Å². The highest BCUT2D eigenvalue weighted by molar-refractivity contribution is 5.77. The molecule has 0 heterocycles. The van der Waals surface area contributed by atoms with E-state index in [4.69, 9.17) is 9.84 Å². The fourth-order valence-corrected chi connectivity index (χ4v) is 1.16. The molecule has 1 aromatic rings. The summed E-state index contributed by atoms with van der Waals surface area (Å²) in [5, 5.41) is 19.4. The van der Waals surface area contributed by atoms with Gasteiger partial charge in [-0.05, 0) is 25.5 Å². The van der Waals surface area contributed by atoms with Gasteiger partial charge in [0.05, 0.1) is 4.92 Å². The summed E-state index contributed by atoms with van der Waals surface area (Å²) in [6.45, 7) is 3.15. The van der Waals surface area contributed by atoms with Crippen molar-refractivity contribution in [2.45, 2.75) is 25.9 Å². The van der Waals surface area contributed by atoms with Gasteiger partial charge < -0.3 is 9.84 Å². The average Bonchev–Trinajstić information content (AvgIpc) is 2.29. The first-order valence-electron chi connectivity index (χ1n) is 5.06. The Hall–Kier alpha value is -2.11. The van der Waals surface area contributed by atoms with Crippen molar-refractivity contribution in [3.05, 3.63) is 34.4 Å². The molecule has 17 heavy (non-hydrogen) atoms. The van der Waals surface area contributed by atoms with Crippen molar-refractivity contribution in [1.82, 2.24) is 0 Å². The van der Waals surface area contributed by atoms with Gasteiger partial charge in [-0.1, -0.05) is 6.92 Å². The molecule has 0 spiro atoms. The van der Waals surface area contributed by atoms with Gasteiger partial charge in [-0.2, -0.15) is 0 Å². The first-order valence-corrected chi connectivity index (χ1v) is 5.06. The number of carbonyl (C=O) groups is 1. The van der Waals surface area contributed by atoms with E-state index in [9.17, 15) is 14.9 Å². The second-order valence-electron chi connectivity index (χ2n) is 3.74. The summed E-state index contributed by atoms with van der Waals surface area (Å²) in [5.74, 6) is -0.777. The number of non-ortho nitro benzene ring substituents is 1. The summed E-state index contributed by atoms with van der Waals surface area (Å²) in [5.41, 5.74) is -1.39. The maximum absolute atomic E-state index is 11.0. The SMILES string of the molecule is CCC(C)(Oc1ccc([N+](=O)[O-])cc1)C(=O)O. The van der Waals surface area contributed by atoms with Crippen LogP contribution in [0, 0.1) is 10.1 Å². The van der Waals surface area contributed by atoms with Crippen LogP contribution in [0.5, 0.6) is 5.75 Å². The van der Waals surface area contributed by atoms with E-state index in [1.165, 1.54) is 31.2 Å². The van der Waals surface area contributed by atoms with Crippen molar-refractivity contribution in [2.75, 3.05) is 0 Å². The van der Waals surface area contributed by atoms with Gasteiger partial charge in [-0.15, -0.1) is 0 Å². The molecule has 92 valence electrons. The predicted octanol–water partition coefficient (Wildman–Crippen LogP) is 2.23. The van der Waals surface area contributed by atoms with E-state index in [0.29, 0.717) is 12.2 Å². The van der Waals surface area contributed by atoms with Gasteiger partial charge in [0.2, 0.25) is 5.60 Å². The van der Waals surface area contributed by atoms with Crippen molar-refractivity contribution >= 4 is 11.7 Å². The smallest absolute Gasteiger partial charge is 0.347 e. The summed E-state index contributed by atoms with van der Waals surface area (Å²) in [4.78, 5) is 20.9. The van der Waals surface area contributed by atoms with Crippen molar-refractivity contribution in [3.63, 3.8) is 0 Å². The lowest BCUT2D eigenvalue weighted by atomic mass is 10.0. The highest BCUT2D eigenvalue weighted by Gasteiger charge is 2.33. The van der Waals surface area contributed by atoms with E-state index < -0.39 is 16.5 Å². The Morgan fingerprint density at radius 1 is 1.47 bits per heavy atom. The number of hydrogen-bond acceptors (Lipinski definition) is 4. The monoisotopic (exact) mass is 239 g/mol. The summed E-state index contributed by atoms with van der Waals surface area (Å²) in [6.07, 6.45) is 0.291. The molecular weight excluding hydrogens is 226 g/mol. The van der Waals surface area contributed by atoms with Gasteiger partial charge in [0.25, 0.3) is 5.69 Å². The van der Waals surface area contributed by atoms with Gasteiger partial charge in [0, 0.05) is 12.1 Å². The summed E-state index contributed by atoms with van der Waals surface area (Å²) in [6, 6.07) is 5.31. The third-order valence-corrected chi connectivity index (χ3v) is 2.52. The molecule has 0 amide bonds. The molecular formula is C11H13NO5. The quantitative estimate of drug-likeness (QED) is 0.628. The Bertz CT molecular complexity index is 428. The van der Waals surface area contributed by atoms with Gasteiger partial charge in [-0.25, -0.2) is 4.79 Å². The van der Waals surface area contributed by atoms with E-state index in [1.54, 1.807) is 6.92 Å². The van der Waals surface area contributed by atoms with Crippen LogP contribution in [0.2, 0.25) is 0 Å². The number of nitro groups is 1. The lowest BCUT2D eigenvalue weighted by Gasteiger charge is -2.24. The molecule has 6 heteroatoms. The van der Waals surface area contributed by atoms with Gasteiger partial charge in [0.15, 0.2) is 0 Å². The second-order valence-corrected chi connectivity index (χ2v) is 3.74. The molecule has 0 aliphatic rings. The minimum Gasteiger partial charge on any atom is -0.478 e. The van der Waals surface area contributed by atoms with Crippen LogP contribution in [0.3, 0.4) is 0 Å². The van der Waals surface area contributed by atoms with Crippen LogP contribution in [0.25, 0.3) is 0 Å². The van der Waals surface area contributed by atoms with Crippen molar-refractivity contribution in [1.29, 1.82) is 0 Å². The first-order chi connectivity index (χ1) is 7.89. The van der Waals surface area contributed by atoms with Crippen LogP contribution in [0.15, 0.2) is 24.3 Å². The Balaban J connectivity index is 2.88. The Kier molecular flexibility index (Phi) is 3.67. The molecule has 1 atom stereocenters. The largest absolute Gasteiger partial charge is 0.478 e. The topological polar surface area (TPSA) is 89.7 Å². The van der Waals surface area contributed by atoms with E-state index in [1.807, 2.05) is 0 Å². The molecule has 6 nitrogen and oxygen atoms in total. The summed E-state index contributed by atoms with van der Waals surface area (Å²) >= 11 is 0. The molecule has 0 saturated heterocycles. The van der Waals surface area contributed by atoms with Crippen molar-refractivity contribution in [2.24, 2.45) is 0 Å². The molecule has 0 fully saturated rings. The highest BCUT2D eigenvalue weighted by atomic mass is 16.6. The van der Waals surface area contributed by atoms with Crippen LogP contribution in [-0.2, 0) is 4.79 Å². The molecule has 0 saturated carbocycles. The number of carboxylic acids is 1. The fraction of sp³-hybridized carbons (Fsp3) is 0.364. The highest BCUT2D eigenvalue weighted by Crippen LogP contribution is 2.23. The van der Waals surface area contributed by atoms with E-state index in [2.05, 4.69) is 0 Å². The number of ether oxygens (including phenoxy) is 1.